The van der Waals surface area contributed by atoms with Crippen LogP contribution in [0.3, 0.4) is 0 Å². The smallest absolute Gasteiger partial charge is 0.409 e. The fourth-order valence-corrected chi connectivity index (χ4v) is 1.28. The minimum absolute atomic E-state index is 0.225. The first kappa shape index (κ1) is 16.1. The lowest BCUT2D eigenvalue weighted by Gasteiger charge is -2.19. The van der Waals surface area contributed by atoms with Gasteiger partial charge in [0.2, 0.25) is 17.5 Å². The number of alkyl halides is 6. The topological polar surface area (TPSA) is 72.6 Å². The molecule has 1 aromatic rings. The normalized spacial score (nSPS) is 12.8. The van der Waals surface area contributed by atoms with E-state index in [0.29, 0.717) is 0 Å². The molecule has 20 heavy (non-hydrogen) atoms. The van der Waals surface area contributed by atoms with Gasteiger partial charge in [-0.25, -0.2) is 9.78 Å². The average Bonchev–Trinajstić information content (AvgIpc) is 2.57. The highest BCUT2D eigenvalue weighted by molar-refractivity contribution is 5.87. The Morgan fingerprint density at radius 1 is 1.30 bits per heavy atom. The summed E-state index contributed by atoms with van der Waals surface area (Å²) in [4.78, 5) is 13.4. The Balaban J connectivity index is 3.36. The summed E-state index contributed by atoms with van der Waals surface area (Å²) in [7, 11) is 0. The lowest BCUT2D eigenvalue weighted by atomic mass is 10.1. The largest absolute Gasteiger partial charge is 0.476 e. The van der Waals surface area contributed by atoms with E-state index in [0.717, 1.165) is 0 Å². The van der Waals surface area contributed by atoms with E-state index in [1.54, 1.807) is 0 Å². The molecule has 0 atom stereocenters. The van der Waals surface area contributed by atoms with Crippen molar-refractivity contribution in [2.45, 2.75) is 25.2 Å². The summed E-state index contributed by atoms with van der Waals surface area (Å²) in [5, 5.41) is 8.63. The van der Waals surface area contributed by atoms with E-state index in [1.807, 2.05) is 0 Å². The zero-order valence-electron chi connectivity index (χ0n) is 9.67. The van der Waals surface area contributed by atoms with Crippen LogP contribution in [0.5, 0.6) is 5.95 Å². The molecule has 1 aromatic heterocycles. The predicted molar refractivity (Wildman–Crippen MR) is 49.5 cm³/mol. The van der Waals surface area contributed by atoms with E-state index in [4.69, 9.17) is 5.11 Å². The van der Waals surface area contributed by atoms with Crippen LogP contribution < -0.4 is 4.74 Å². The van der Waals surface area contributed by atoms with Crippen LogP contribution in [0, 0.1) is 0 Å². The van der Waals surface area contributed by atoms with Gasteiger partial charge >= 0.3 is 24.3 Å². The Morgan fingerprint density at radius 2 is 1.80 bits per heavy atom. The molecule has 114 valence electrons. The van der Waals surface area contributed by atoms with Crippen molar-refractivity contribution in [3.05, 3.63) is 11.6 Å². The maximum atomic E-state index is 12.4. The third-order valence-corrected chi connectivity index (χ3v) is 1.99. The van der Waals surface area contributed by atoms with Gasteiger partial charge in [0.05, 0.1) is 6.61 Å². The van der Waals surface area contributed by atoms with Crippen molar-refractivity contribution in [1.29, 1.82) is 0 Å². The Kier molecular flexibility index (Phi) is 4.20. The van der Waals surface area contributed by atoms with E-state index >= 15 is 0 Å². The van der Waals surface area contributed by atoms with Crippen molar-refractivity contribution in [3.8, 4) is 5.95 Å². The number of aromatic carboxylic acids is 1. The van der Waals surface area contributed by atoms with Gasteiger partial charge in [0.1, 0.15) is 0 Å². The maximum Gasteiger partial charge on any atom is 0.409 e. The molecule has 0 fully saturated rings. The van der Waals surface area contributed by atoms with Crippen LogP contribution in [0.15, 0.2) is 4.42 Å². The van der Waals surface area contributed by atoms with Crippen LogP contribution in [-0.2, 0) is 0 Å². The molecule has 0 radical (unpaired) electrons. The van der Waals surface area contributed by atoms with Crippen molar-refractivity contribution < 1.29 is 45.4 Å². The molecule has 1 heterocycles. The van der Waals surface area contributed by atoms with Gasteiger partial charge in [0, 0.05) is 0 Å². The van der Waals surface area contributed by atoms with Gasteiger partial charge in [0.15, 0.2) is 0 Å². The van der Waals surface area contributed by atoms with Crippen LogP contribution in [0.2, 0.25) is 0 Å². The molecule has 0 bridgehead atoms. The Morgan fingerprint density at radius 3 is 2.15 bits per heavy atom. The van der Waals surface area contributed by atoms with Crippen molar-refractivity contribution in [3.63, 3.8) is 0 Å². The molecule has 0 aliphatic carbocycles. The highest BCUT2D eigenvalue weighted by Gasteiger charge is 2.60. The third-order valence-electron chi connectivity index (χ3n) is 1.99. The highest BCUT2D eigenvalue weighted by atomic mass is 19.4. The van der Waals surface area contributed by atoms with Crippen molar-refractivity contribution in [1.82, 2.24) is 4.98 Å². The molecule has 0 unspecified atom stereocenters. The molecular weight excluding hydrogens is 300 g/mol. The number of hydrogen-bond acceptors (Lipinski definition) is 4. The van der Waals surface area contributed by atoms with Gasteiger partial charge in [-0.15, -0.1) is 0 Å². The number of carbonyl (C=O) groups is 1. The quantitative estimate of drug-likeness (QED) is 0.866. The van der Waals surface area contributed by atoms with Gasteiger partial charge in [-0.3, -0.25) is 0 Å². The van der Waals surface area contributed by atoms with E-state index in [1.165, 1.54) is 6.92 Å². The average molecular weight is 307 g/mol. The molecule has 1 rings (SSSR count). The zero-order valence-corrected chi connectivity index (χ0v) is 9.67. The number of ether oxygens (including phenoxy) is 1. The van der Waals surface area contributed by atoms with Gasteiger partial charge in [-0.1, -0.05) is 0 Å². The Labute approximate surface area is 107 Å². The molecule has 5 nitrogen and oxygen atoms in total. The molecule has 0 aromatic carbocycles. The number of carboxylic acid groups (broad SMARTS) is 1. The predicted octanol–water partition coefficient (Wildman–Crippen LogP) is 2.98. The first-order valence-electron chi connectivity index (χ1n) is 4.98. The number of nitrogens with zero attached hydrogens (tertiary/aromatic N) is 1. The van der Waals surface area contributed by atoms with Crippen molar-refractivity contribution >= 4 is 5.97 Å². The summed E-state index contributed by atoms with van der Waals surface area (Å²) in [6.07, 6.45) is -11.5. The number of carboxylic acids is 1. The molecular formula is C9H7F6NO4. The van der Waals surface area contributed by atoms with Gasteiger partial charge in [-0.2, -0.15) is 26.3 Å². The first-order valence-corrected chi connectivity index (χ1v) is 4.98. The van der Waals surface area contributed by atoms with Crippen molar-refractivity contribution in [2.24, 2.45) is 0 Å². The van der Waals surface area contributed by atoms with Gasteiger partial charge < -0.3 is 14.3 Å². The number of oxazole rings is 1. The van der Waals surface area contributed by atoms with Crippen LogP contribution in [0.4, 0.5) is 26.3 Å². The monoisotopic (exact) mass is 307 g/mol. The third kappa shape index (κ3) is 3.33. The minimum Gasteiger partial charge on any atom is -0.476 e. The van der Waals surface area contributed by atoms with E-state index in [2.05, 4.69) is 14.1 Å². The lowest BCUT2D eigenvalue weighted by Crippen LogP contribution is -2.34. The first-order chi connectivity index (χ1) is 8.98. The van der Waals surface area contributed by atoms with E-state index < -0.39 is 41.8 Å². The van der Waals surface area contributed by atoms with E-state index in [-0.39, 0.29) is 6.61 Å². The van der Waals surface area contributed by atoms with Crippen LogP contribution in [-0.4, -0.2) is 35.0 Å². The molecule has 0 aliphatic rings. The number of hydrogen-bond donors (Lipinski definition) is 1. The molecule has 0 aliphatic heterocycles. The van der Waals surface area contributed by atoms with Crippen LogP contribution >= 0.6 is 0 Å². The summed E-state index contributed by atoms with van der Waals surface area (Å²) >= 11 is 0. The molecule has 0 saturated heterocycles. The Bertz CT molecular complexity index is 478. The van der Waals surface area contributed by atoms with Gasteiger partial charge in [-0.05, 0) is 6.92 Å². The molecule has 0 saturated carbocycles. The number of halogens is 6. The summed E-state index contributed by atoms with van der Waals surface area (Å²) in [6.45, 7) is 1.11. The molecule has 0 amide bonds. The van der Waals surface area contributed by atoms with E-state index in [9.17, 15) is 31.1 Å². The molecule has 11 heteroatoms. The summed E-state index contributed by atoms with van der Waals surface area (Å²) in [5.74, 6) is -8.73. The SMILES string of the molecule is CCOc1oc(C(C(F)(F)F)C(F)(F)F)nc1C(=O)O. The minimum atomic E-state index is -5.73. The van der Waals surface area contributed by atoms with Gasteiger partial charge in [0.25, 0.3) is 0 Å². The summed E-state index contributed by atoms with van der Waals surface area (Å²) in [6, 6.07) is 0. The Hall–Kier alpha value is -1.94. The number of aromatic nitrogens is 1. The fourth-order valence-electron chi connectivity index (χ4n) is 1.28. The number of rotatable bonds is 4. The molecule has 0 spiro atoms. The zero-order chi connectivity index (χ0) is 15.7. The second-order valence-electron chi connectivity index (χ2n) is 3.44. The van der Waals surface area contributed by atoms with Crippen LogP contribution in [0.25, 0.3) is 0 Å². The highest BCUT2D eigenvalue weighted by Crippen LogP contribution is 2.46. The molecule has 1 N–H and O–H groups in total. The van der Waals surface area contributed by atoms with Crippen molar-refractivity contribution in [2.75, 3.05) is 6.61 Å². The lowest BCUT2D eigenvalue weighted by molar-refractivity contribution is -0.258. The standard InChI is InChI=1S/C9H7F6NO4/c1-2-19-7-3(6(17)18)16-5(20-7)4(8(10,11)12)9(13,14)15/h4H,2H2,1H3,(H,17,18). The van der Waals surface area contributed by atoms with Crippen LogP contribution in [0.1, 0.15) is 29.2 Å². The summed E-state index contributed by atoms with van der Waals surface area (Å²) in [5.41, 5.74) is -1.15. The second kappa shape index (κ2) is 5.21. The summed E-state index contributed by atoms with van der Waals surface area (Å²) < 4.78 is 83.2. The second-order valence-corrected chi connectivity index (χ2v) is 3.44. The maximum absolute atomic E-state index is 12.4. The fraction of sp³-hybridized carbons (Fsp3) is 0.556.